The number of aryl methyl sites for hydroxylation is 1. The molecule has 198 valence electrons. The first-order valence-electron chi connectivity index (χ1n) is 11.5. The van der Waals surface area contributed by atoms with E-state index < -0.39 is 53.5 Å². The van der Waals surface area contributed by atoms with E-state index in [2.05, 4.69) is 0 Å². The Balaban J connectivity index is 2.30. The molecule has 0 aliphatic carbocycles. The number of aliphatic carboxylic acids is 2. The molecule has 0 spiro atoms. The lowest BCUT2D eigenvalue weighted by molar-refractivity contribution is -0.172. The lowest BCUT2D eigenvalue weighted by atomic mass is 10.1. The van der Waals surface area contributed by atoms with Gasteiger partial charge in [0.05, 0.1) is 24.0 Å². The highest BCUT2D eigenvalue weighted by molar-refractivity contribution is 7.86. The average molecular weight is 524 g/mol. The van der Waals surface area contributed by atoms with Crippen molar-refractivity contribution in [3.05, 3.63) is 65.7 Å². The zero-order chi connectivity index (χ0) is 26.7. The topological polar surface area (TPSA) is 140 Å². The Hall–Kier alpha value is -2.83. The maximum atomic E-state index is 12.7. The van der Waals surface area contributed by atoms with Crippen molar-refractivity contribution in [2.75, 3.05) is 19.8 Å². The van der Waals surface area contributed by atoms with E-state index >= 15 is 0 Å². The molecule has 0 radical (unpaired) electrons. The van der Waals surface area contributed by atoms with Crippen molar-refractivity contribution in [2.24, 2.45) is 0 Å². The van der Waals surface area contributed by atoms with Crippen molar-refractivity contribution >= 4 is 22.1 Å². The highest BCUT2D eigenvalue weighted by Crippen LogP contribution is 2.18. The molecule has 0 fully saturated rings. The third-order valence-electron chi connectivity index (χ3n) is 5.26. The van der Waals surface area contributed by atoms with Crippen LogP contribution in [0.4, 0.5) is 0 Å². The van der Waals surface area contributed by atoms with Gasteiger partial charge in [0.2, 0.25) is 0 Å². The predicted molar refractivity (Wildman–Crippen MR) is 131 cm³/mol. The van der Waals surface area contributed by atoms with Crippen molar-refractivity contribution in [3.8, 4) is 0 Å². The molecule has 3 atom stereocenters. The number of nitrogens with zero attached hydrogens (tertiary/aromatic N) is 1. The SMILES string of the molecule is CCOC(C)O[C@@H](COS(=O)(=O)c1ccc(C)cc1)CN(Cc1ccccc1)[C@@H](CC(=O)O)C(=O)O. The van der Waals surface area contributed by atoms with Crippen LogP contribution in [0.2, 0.25) is 0 Å². The van der Waals surface area contributed by atoms with Gasteiger partial charge >= 0.3 is 11.9 Å². The maximum absolute atomic E-state index is 12.7. The zero-order valence-corrected chi connectivity index (χ0v) is 21.4. The molecule has 0 amide bonds. The van der Waals surface area contributed by atoms with Gasteiger partial charge in [0.1, 0.15) is 6.04 Å². The first-order chi connectivity index (χ1) is 17.0. The van der Waals surface area contributed by atoms with Crippen LogP contribution in [0.3, 0.4) is 0 Å². The minimum atomic E-state index is -4.12. The second kappa shape index (κ2) is 14.0. The van der Waals surface area contributed by atoms with E-state index in [1.54, 1.807) is 56.3 Å². The fourth-order valence-electron chi connectivity index (χ4n) is 3.54. The first kappa shape index (κ1) is 29.4. The number of ether oxygens (including phenoxy) is 2. The third kappa shape index (κ3) is 9.67. The van der Waals surface area contributed by atoms with Gasteiger partial charge in [-0.2, -0.15) is 8.42 Å². The summed E-state index contributed by atoms with van der Waals surface area (Å²) < 4.78 is 42.0. The van der Waals surface area contributed by atoms with Crippen molar-refractivity contribution in [1.82, 2.24) is 4.90 Å². The van der Waals surface area contributed by atoms with Crippen LogP contribution in [-0.4, -0.2) is 73.7 Å². The van der Waals surface area contributed by atoms with E-state index in [0.717, 1.165) is 11.1 Å². The van der Waals surface area contributed by atoms with Gasteiger partial charge in [-0.1, -0.05) is 48.0 Å². The second-order valence-corrected chi connectivity index (χ2v) is 9.82. The summed E-state index contributed by atoms with van der Waals surface area (Å²) in [5.41, 5.74) is 1.63. The van der Waals surface area contributed by atoms with Crippen molar-refractivity contribution in [2.45, 2.75) is 57.1 Å². The summed E-state index contributed by atoms with van der Waals surface area (Å²) in [6.45, 7) is 5.09. The normalized spacial score (nSPS) is 14.3. The Morgan fingerprint density at radius 1 is 1.03 bits per heavy atom. The average Bonchev–Trinajstić information content (AvgIpc) is 2.81. The molecule has 2 rings (SSSR count). The summed E-state index contributed by atoms with van der Waals surface area (Å²) in [6, 6.07) is 13.7. The molecule has 0 bridgehead atoms. The number of benzene rings is 2. The van der Waals surface area contributed by atoms with Crippen LogP contribution in [0.15, 0.2) is 59.5 Å². The summed E-state index contributed by atoms with van der Waals surface area (Å²) in [6.07, 6.45) is -2.35. The number of carboxylic acids is 2. The van der Waals surface area contributed by atoms with Gasteiger partial charge in [-0.25, -0.2) is 0 Å². The van der Waals surface area contributed by atoms with E-state index in [0.29, 0.717) is 6.61 Å². The Bertz CT molecular complexity index is 1070. The molecule has 2 aromatic rings. The lowest BCUT2D eigenvalue weighted by Gasteiger charge is -2.32. The molecule has 11 heteroatoms. The standard InChI is InChI=1S/C25H33NO9S/c1-4-33-19(3)35-21(17-34-36(31,32)22-12-10-18(2)11-13-22)16-26(15-20-8-6-5-7-9-20)23(25(29)30)14-24(27)28/h5-13,19,21,23H,4,14-17H2,1-3H3,(H,27,28)(H,29,30)/t19?,21-,23+/m1/s1. The largest absolute Gasteiger partial charge is 0.481 e. The number of carbonyl (C=O) groups is 2. The molecule has 1 unspecified atom stereocenters. The van der Waals surface area contributed by atoms with Gasteiger partial charge in [0.25, 0.3) is 10.1 Å². The van der Waals surface area contributed by atoms with Gasteiger partial charge in [-0.15, -0.1) is 0 Å². The number of carboxylic acid groups (broad SMARTS) is 2. The van der Waals surface area contributed by atoms with E-state index in [1.165, 1.54) is 17.0 Å². The molecule has 10 nitrogen and oxygen atoms in total. The number of hydrogen-bond donors (Lipinski definition) is 2. The van der Waals surface area contributed by atoms with Gasteiger partial charge in [-0.3, -0.25) is 18.7 Å². The molecule has 0 aliphatic heterocycles. The van der Waals surface area contributed by atoms with Crippen LogP contribution in [0.5, 0.6) is 0 Å². The van der Waals surface area contributed by atoms with Crippen LogP contribution in [0, 0.1) is 6.92 Å². The van der Waals surface area contributed by atoms with E-state index in [4.69, 9.17) is 13.7 Å². The van der Waals surface area contributed by atoms with Crippen molar-refractivity contribution < 1.29 is 41.9 Å². The van der Waals surface area contributed by atoms with Gasteiger partial charge in [0, 0.05) is 19.7 Å². The minimum absolute atomic E-state index is 0.0276. The van der Waals surface area contributed by atoms with Crippen LogP contribution < -0.4 is 0 Å². The molecule has 0 saturated carbocycles. The molecule has 2 N–H and O–H groups in total. The fraction of sp³-hybridized carbons (Fsp3) is 0.440. The Morgan fingerprint density at radius 3 is 2.22 bits per heavy atom. The van der Waals surface area contributed by atoms with E-state index in [-0.39, 0.29) is 18.0 Å². The first-order valence-corrected chi connectivity index (χ1v) is 12.9. The van der Waals surface area contributed by atoms with E-state index in [9.17, 15) is 28.2 Å². The summed E-state index contributed by atoms with van der Waals surface area (Å²) >= 11 is 0. The molecule has 0 saturated heterocycles. The predicted octanol–water partition coefficient (Wildman–Crippen LogP) is 2.90. The highest BCUT2D eigenvalue weighted by Gasteiger charge is 2.32. The molecular weight excluding hydrogens is 490 g/mol. The molecule has 36 heavy (non-hydrogen) atoms. The summed E-state index contributed by atoms with van der Waals surface area (Å²) in [5, 5.41) is 19.1. The Kier molecular flexibility index (Phi) is 11.5. The number of rotatable bonds is 16. The minimum Gasteiger partial charge on any atom is -0.481 e. The summed E-state index contributed by atoms with van der Waals surface area (Å²) in [4.78, 5) is 24.8. The quantitative estimate of drug-likeness (QED) is 0.249. The second-order valence-electron chi connectivity index (χ2n) is 8.20. The molecule has 0 heterocycles. The number of hydrogen-bond acceptors (Lipinski definition) is 8. The van der Waals surface area contributed by atoms with Crippen LogP contribution >= 0.6 is 0 Å². The van der Waals surface area contributed by atoms with Crippen molar-refractivity contribution in [1.29, 1.82) is 0 Å². The molecular formula is C25H33NO9S. The Morgan fingerprint density at radius 2 is 1.67 bits per heavy atom. The molecule has 0 aromatic heterocycles. The van der Waals surface area contributed by atoms with Gasteiger partial charge in [-0.05, 0) is 38.5 Å². The summed E-state index contributed by atoms with van der Waals surface area (Å²) in [5.74, 6) is -2.60. The van der Waals surface area contributed by atoms with Gasteiger partial charge < -0.3 is 19.7 Å². The van der Waals surface area contributed by atoms with Crippen LogP contribution in [0.25, 0.3) is 0 Å². The molecule has 0 aliphatic rings. The molecule has 2 aromatic carbocycles. The van der Waals surface area contributed by atoms with Crippen molar-refractivity contribution in [3.63, 3.8) is 0 Å². The zero-order valence-electron chi connectivity index (χ0n) is 20.6. The third-order valence-corrected chi connectivity index (χ3v) is 6.56. The van der Waals surface area contributed by atoms with Gasteiger partial charge in [0.15, 0.2) is 6.29 Å². The lowest BCUT2D eigenvalue weighted by Crippen LogP contribution is -2.48. The van der Waals surface area contributed by atoms with Crippen LogP contribution in [-0.2, 0) is 39.9 Å². The fourth-order valence-corrected chi connectivity index (χ4v) is 4.47. The Labute approximate surface area is 211 Å². The smallest absolute Gasteiger partial charge is 0.321 e. The van der Waals surface area contributed by atoms with E-state index in [1.807, 2.05) is 6.92 Å². The maximum Gasteiger partial charge on any atom is 0.321 e. The summed E-state index contributed by atoms with van der Waals surface area (Å²) in [7, 11) is -4.12. The van der Waals surface area contributed by atoms with Crippen LogP contribution in [0.1, 0.15) is 31.4 Å². The monoisotopic (exact) mass is 523 g/mol. The highest BCUT2D eigenvalue weighted by atomic mass is 32.2.